The summed E-state index contributed by atoms with van der Waals surface area (Å²) in [6.45, 7) is 0. The number of hydrogen-bond acceptors (Lipinski definition) is 8. The lowest BCUT2D eigenvalue weighted by Gasteiger charge is -1.94. The molecule has 0 bridgehead atoms. The molecule has 0 radical (unpaired) electrons. The van der Waals surface area contributed by atoms with E-state index in [1.54, 1.807) is 0 Å². The van der Waals surface area contributed by atoms with E-state index in [0.29, 0.717) is 22.7 Å². The zero-order valence-corrected chi connectivity index (χ0v) is 13.2. The van der Waals surface area contributed by atoms with Gasteiger partial charge in [-0.1, -0.05) is 39.0 Å². The van der Waals surface area contributed by atoms with E-state index >= 15 is 0 Å². The van der Waals surface area contributed by atoms with Gasteiger partial charge in [0.15, 0.2) is 4.34 Å². The Balaban J connectivity index is 1.69. The minimum Gasteiger partial charge on any atom is -0.420 e. The van der Waals surface area contributed by atoms with Crippen LogP contribution in [-0.4, -0.2) is 20.4 Å². The second-order valence-corrected chi connectivity index (χ2v) is 6.85. The van der Waals surface area contributed by atoms with Crippen LogP contribution in [0.2, 0.25) is 0 Å². The van der Waals surface area contributed by atoms with Crippen LogP contribution in [0.25, 0.3) is 11.5 Å². The van der Waals surface area contributed by atoms with Crippen molar-refractivity contribution in [2.75, 3.05) is 5.73 Å². The molecule has 0 fully saturated rings. The molecule has 2 N–H and O–H groups in total. The van der Waals surface area contributed by atoms with Crippen LogP contribution < -0.4 is 5.73 Å². The molecule has 0 aliphatic heterocycles. The Morgan fingerprint density at radius 3 is 2.65 bits per heavy atom. The molecule has 2 heterocycles. The number of thioether (sulfide) groups is 1. The number of hydrogen-bond donors (Lipinski definition) is 1. The number of aromatic nitrogens is 4. The molecule has 0 spiro atoms. The molecule has 0 saturated heterocycles. The Kier molecular flexibility index (Phi) is 3.99. The number of rotatable bonds is 4. The van der Waals surface area contributed by atoms with Gasteiger partial charge in [-0.25, -0.2) is 0 Å². The first kappa shape index (κ1) is 13.5. The van der Waals surface area contributed by atoms with E-state index < -0.39 is 0 Å². The fourth-order valence-corrected chi connectivity index (χ4v) is 3.16. The first-order chi connectivity index (χ1) is 9.70. The van der Waals surface area contributed by atoms with Gasteiger partial charge in [0.25, 0.3) is 0 Å². The smallest absolute Gasteiger partial charge is 0.247 e. The summed E-state index contributed by atoms with van der Waals surface area (Å²) >= 11 is 6.19. The molecule has 20 heavy (non-hydrogen) atoms. The molecule has 0 unspecified atom stereocenters. The molecule has 0 saturated carbocycles. The predicted molar refractivity (Wildman–Crippen MR) is 81.3 cm³/mol. The highest BCUT2D eigenvalue weighted by molar-refractivity contribution is 9.10. The highest BCUT2D eigenvalue weighted by atomic mass is 79.9. The van der Waals surface area contributed by atoms with Crippen LogP contribution in [-0.2, 0) is 5.75 Å². The lowest BCUT2D eigenvalue weighted by Crippen LogP contribution is -1.80. The van der Waals surface area contributed by atoms with Crippen LogP contribution in [0.1, 0.15) is 5.89 Å². The van der Waals surface area contributed by atoms with Crippen LogP contribution in [0.4, 0.5) is 5.13 Å². The molecule has 0 aliphatic carbocycles. The summed E-state index contributed by atoms with van der Waals surface area (Å²) in [5.41, 5.74) is 6.40. The van der Waals surface area contributed by atoms with Crippen LogP contribution >= 0.6 is 39.0 Å². The van der Waals surface area contributed by atoms with Gasteiger partial charge in [0.1, 0.15) is 0 Å². The normalized spacial score (nSPS) is 10.8. The van der Waals surface area contributed by atoms with Gasteiger partial charge in [-0.3, -0.25) is 0 Å². The van der Waals surface area contributed by atoms with E-state index in [9.17, 15) is 0 Å². The number of nitrogens with zero attached hydrogens (tertiary/aromatic N) is 4. The van der Waals surface area contributed by atoms with Crippen molar-refractivity contribution in [2.45, 2.75) is 10.1 Å². The molecule has 2 aromatic heterocycles. The Bertz CT molecular complexity index is 712. The quantitative estimate of drug-likeness (QED) is 0.705. The molecule has 3 aromatic rings. The maximum absolute atomic E-state index is 5.60. The van der Waals surface area contributed by atoms with E-state index in [4.69, 9.17) is 10.2 Å². The monoisotopic (exact) mass is 369 g/mol. The van der Waals surface area contributed by atoms with Gasteiger partial charge in [-0.15, -0.1) is 20.4 Å². The van der Waals surface area contributed by atoms with Crippen LogP contribution in [0.3, 0.4) is 0 Å². The summed E-state index contributed by atoms with van der Waals surface area (Å²) in [4.78, 5) is 0. The second-order valence-electron chi connectivity index (χ2n) is 3.70. The Morgan fingerprint density at radius 2 is 1.95 bits per heavy atom. The Hall–Kier alpha value is -1.45. The second kappa shape index (κ2) is 5.90. The van der Waals surface area contributed by atoms with Gasteiger partial charge in [-0.2, -0.15) is 0 Å². The number of benzene rings is 1. The van der Waals surface area contributed by atoms with Gasteiger partial charge in [0, 0.05) is 10.0 Å². The van der Waals surface area contributed by atoms with Gasteiger partial charge in [-0.05, 0) is 24.3 Å². The van der Waals surface area contributed by atoms with Crippen molar-refractivity contribution in [2.24, 2.45) is 0 Å². The summed E-state index contributed by atoms with van der Waals surface area (Å²) in [6, 6.07) is 7.69. The van der Waals surface area contributed by atoms with Crippen molar-refractivity contribution < 1.29 is 4.42 Å². The molecule has 102 valence electrons. The van der Waals surface area contributed by atoms with Gasteiger partial charge < -0.3 is 10.2 Å². The van der Waals surface area contributed by atoms with Gasteiger partial charge >= 0.3 is 0 Å². The summed E-state index contributed by atoms with van der Waals surface area (Å²) < 4.78 is 7.39. The van der Waals surface area contributed by atoms with Crippen molar-refractivity contribution in [3.8, 4) is 11.5 Å². The fourth-order valence-electron chi connectivity index (χ4n) is 1.42. The third kappa shape index (κ3) is 3.17. The van der Waals surface area contributed by atoms with Crippen molar-refractivity contribution >= 4 is 44.2 Å². The van der Waals surface area contributed by atoms with Crippen LogP contribution in [0.15, 0.2) is 37.5 Å². The lowest BCUT2D eigenvalue weighted by molar-refractivity contribution is 0.528. The zero-order valence-electron chi connectivity index (χ0n) is 9.99. The average molecular weight is 370 g/mol. The molecular formula is C11H8BrN5OS2. The first-order valence-electron chi connectivity index (χ1n) is 5.51. The average Bonchev–Trinajstić information content (AvgIpc) is 3.06. The number of nitrogen functional groups attached to an aromatic ring is 1. The van der Waals surface area contributed by atoms with E-state index in [2.05, 4.69) is 36.3 Å². The van der Waals surface area contributed by atoms with Crippen molar-refractivity contribution in [1.29, 1.82) is 0 Å². The number of halogens is 1. The molecule has 0 amide bonds. The van der Waals surface area contributed by atoms with Crippen LogP contribution in [0.5, 0.6) is 0 Å². The van der Waals surface area contributed by atoms with Crippen LogP contribution in [0, 0.1) is 0 Å². The lowest BCUT2D eigenvalue weighted by atomic mass is 10.2. The fraction of sp³-hybridized carbons (Fsp3) is 0.0909. The third-order valence-electron chi connectivity index (χ3n) is 2.30. The van der Waals surface area contributed by atoms with Crippen molar-refractivity contribution in [1.82, 2.24) is 20.4 Å². The molecule has 9 heteroatoms. The molecule has 3 rings (SSSR count). The van der Waals surface area contributed by atoms with Crippen molar-refractivity contribution in [3.05, 3.63) is 34.6 Å². The minimum atomic E-state index is 0.452. The highest BCUT2D eigenvalue weighted by Gasteiger charge is 2.10. The minimum absolute atomic E-state index is 0.452. The van der Waals surface area contributed by atoms with E-state index in [1.807, 2.05) is 24.3 Å². The van der Waals surface area contributed by atoms with E-state index in [-0.39, 0.29) is 0 Å². The summed E-state index contributed by atoms with van der Waals surface area (Å²) in [5.74, 6) is 1.59. The summed E-state index contributed by atoms with van der Waals surface area (Å²) in [6.07, 6.45) is 0. The molecule has 0 aliphatic rings. The summed E-state index contributed by atoms with van der Waals surface area (Å²) in [5, 5.41) is 16.2. The van der Waals surface area contributed by atoms with Crippen molar-refractivity contribution in [3.63, 3.8) is 0 Å². The SMILES string of the molecule is Nc1nnc(SCc2nnc(-c3ccc(Br)cc3)o2)s1. The maximum atomic E-state index is 5.60. The predicted octanol–water partition coefficient (Wildman–Crippen LogP) is 3.23. The largest absolute Gasteiger partial charge is 0.420 e. The molecule has 6 nitrogen and oxygen atoms in total. The Morgan fingerprint density at radius 1 is 1.15 bits per heavy atom. The van der Waals surface area contributed by atoms with E-state index in [0.717, 1.165) is 14.4 Å². The first-order valence-corrected chi connectivity index (χ1v) is 8.10. The van der Waals surface area contributed by atoms with E-state index in [1.165, 1.54) is 23.1 Å². The standard InChI is InChI=1S/C11H8BrN5OS2/c12-7-3-1-6(2-4-7)9-15-14-8(18-9)5-19-11-17-16-10(13)20-11/h1-4H,5H2,(H2,13,16). The number of nitrogens with two attached hydrogens (primary N) is 1. The summed E-state index contributed by atoms with van der Waals surface area (Å²) in [7, 11) is 0. The zero-order chi connectivity index (χ0) is 13.9. The van der Waals surface area contributed by atoms with Gasteiger partial charge in [0.2, 0.25) is 16.9 Å². The topological polar surface area (TPSA) is 90.7 Å². The molecule has 1 aromatic carbocycles. The highest BCUT2D eigenvalue weighted by Crippen LogP contribution is 2.27. The third-order valence-corrected chi connectivity index (χ3v) is 4.70. The maximum Gasteiger partial charge on any atom is 0.247 e. The number of anilines is 1. The van der Waals surface area contributed by atoms with Gasteiger partial charge in [0.05, 0.1) is 5.75 Å². The Labute approximate surface area is 130 Å². The molecule has 0 atom stereocenters. The molecular weight excluding hydrogens is 362 g/mol.